The number of ether oxygens (including phenoxy) is 5. The Balaban J connectivity index is 0.718. The van der Waals surface area contributed by atoms with E-state index in [0.717, 1.165) is 52.9 Å². The fourth-order valence-corrected chi connectivity index (χ4v) is 9.88. The first-order valence-corrected chi connectivity index (χ1v) is 25.1. The molecule has 0 saturated carbocycles. The number of pyridine rings is 1. The van der Waals surface area contributed by atoms with Crippen molar-refractivity contribution in [3.05, 3.63) is 102 Å². The summed E-state index contributed by atoms with van der Waals surface area (Å²) < 4.78 is 31.9. The lowest BCUT2D eigenvalue weighted by Crippen LogP contribution is -2.48. The highest BCUT2D eigenvalue weighted by Gasteiger charge is 2.32. The lowest BCUT2D eigenvalue weighted by atomic mass is 9.99. The van der Waals surface area contributed by atoms with Gasteiger partial charge in [-0.15, -0.1) is 21.5 Å². The maximum absolute atomic E-state index is 13.3. The Morgan fingerprint density at radius 2 is 1.61 bits per heavy atom. The van der Waals surface area contributed by atoms with Gasteiger partial charge in [0.2, 0.25) is 11.9 Å². The summed E-state index contributed by atoms with van der Waals surface area (Å²) in [5, 5.41) is 20.2. The van der Waals surface area contributed by atoms with Gasteiger partial charge in [0.15, 0.2) is 24.0 Å². The molecule has 0 aliphatic carbocycles. The second kappa shape index (κ2) is 24.0. The van der Waals surface area contributed by atoms with E-state index < -0.39 is 11.6 Å². The second-order valence-corrected chi connectivity index (χ2v) is 19.1. The van der Waals surface area contributed by atoms with Crippen molar-refractivity contribution in [3.8, 4) is 16.5 Å². The van der Waals surface area contributed by atoms with Gasteiger partial charge in [-0.1, -0.05) is 35.3 Å². The minimum absolute atomic E-state index is 0.0284. The minimum Gasteiger partial charge on any atom is -0.494 e. The molecule has 382 valence electrons. The summed E-state index contributed by atoms with van der Waals surface area (Å²) in [6.45, 7) is 12.5. The van der Waals surface area contributed by atoms with Crippen LogP contribution in [0, 0.1) is 20.8 Å². The zero-order valence-electron chi connectivity index (χ0n) is 41.1. The van der Waals surface area contributed by atoms with Crippen molar-refractivity contribution >= 4 is 80.4 Å². The molecule has 0 radical (unpaired) electrons. The predicted molar refractivity (Wildman–Crippen MR) is 278 cm³/mol. The molecule has 4 aromatic heterocycles. The van der Waals surface area contributed by atoms with Crippen LogP contribution in [0.5, 0.6) is 11.5 Å². The highest BCUT2D eigenvalue weighted by Crippen LogP contribution is 2.40. The first-order valence-electron chi connectivity index (χ1n) is 23.5. The Morgan fingerprint density at radius 1 is 0.889 bits per heavy atom. The summed E-state index contributed by atoms with van der Waals surface area (Å²) in [4.78, 5) is 58.1. The quantitative estimate of drug-likeness (QED) is 0.0732. The molecular formula is C49H58Cl2N12O8S. The number of fused-ring (bicyclic) bond motifs is 4. The number of aliphatic imine (C=N–C) groups is 1. The van der Waals surface area contributed by atoms with E-state index in [4.69, 9.17) is 56.9 Å². The van der Waals surface area contributed by atoms with Gasteiger partial charge in [0.1, 0.15) is 27.6 Å². The molecule has 0 unspecified atom stereocenters. The molecule has 2 aromatic carbocycles. The molecule has 0 spiro atoms. The van der Waals surface area contributed by atoms with Crippen molar-refractivity contribution in [1.82, 2.24) is 44.8 Å². The van der Waals surface area contributed by atoms with Gasteiger partial charge in [-0.2, -0.15) is 4.98 Å². The van der Waals surface area contributed by atoms with E-state index in [2.05, 4.69) is 54.8 Å². The highest BCUT2D eigenvalue weighted by molar-refractivity contribution is 7.15. The molecule has 2 aliphatic heterocycles. The SMILES string of the molecule is CNC(=O)COc1cc2cc(Nc3nc(N4CCN(CCOCCOCCOCCNC(=O)C[C@@H]5N=C(c6ccc(Cl)cc6)c6c(sc(C)c6C)-n6c(C)nnc65)CC4)ncc3Cl)cc(OC)c2n(C)c1=O. The molecule has 1 saturated heterocycles. The molecule has 23 heteroatoms. The number of benzene rings is 2. The number of nitrogens with zero attached hydrogens (tertiary/aromatic N) is 9. The smallest absolute Gasteiger partial charge is 0.293 e. The number of likely N-dealkylation sites (N-methyl/N-ethyl adjacent to an activating group) is 1. The molecule has 6 aromatic rings. The van der Waals surface area contributed by atoms with Crippen LogP contribution in [-0.2, 0) is 30.8 Å². The van der Waals surface area contributed by atoms with Crippen LogP contribution in [0.4, 0.5) is 17.5 Å². The number of hydrogen-bond acceptors (Lipinski definition) is 17. The van der Waals surface area contributed by atoms with Crippen molar-refractivity contribution in [2.75, 3.05) is 110 Å². The average Bonchev–Trinajstić information content (AvgIpc) is 3.86. The fourth-order valence-electron chi connectivity index (χ4n) is 8.40. The number of hydrogen-bond donors (Lipinski definition) is 3. The van der Waals surface area contributed by atoms with E-state index in [9.17, 15) is 14.4 Å². The largest absolute Gasteiger partial charge is 0.494 e. The molecule has 3 N–H and O–H groups in total. The summed E-state index contributed by atoms with van der Waals surface area (Å²) in [6.07, 6.45) is 1.67. The van der Waals surface area contributed by atoms with Crippen molar-refractivity contribution in [1.29, 1.82) is 0 Å². The molecule has 0 bridgehead atoms. The number of carbonyl (C=O) groups excluding carboxylic acids is 2. The zero-order chi connectivity index (χ0) is 50.9. The third kappa shape index (κ3) is 12.2. The van der Waals surface area contributed by atoms with E-state index in [1.807, 2.05) is 41.8 Å². The lowest BCUT2D eigenvalue weighted by Gasteiger charge is -2.34. The van der Waals surface area contributed by atoms with Gasteiger partial charge in [-0.25, -0.2) is 4.98 Å². The van der Waals surface area contributed by atoms with Crippen molar-refractivity contribution < 1.29 is 33.3 Å². The topological polar surface area (TPSA) is 214 Å². The summed E-state index contributed by atoms with van der Waals surface area (Å²) in [5.41, 5.74) is 4.63. The molecule has 1 atom stereocenters. The van der Waals surface area contributed by atoms with E-state index in [1.165, 1.54) is 23.6 Å². The first kappa shape index (κ1) is 52.1. The number of piperazine rings is 1. The molecule has 6 heterocycles. The Kier molecular flexibility index (Phi) is 17.4. The summed E-state index contributed by atoms with van der Waals surface area (Å²) >= 11 is 14.5. The van der Waals surface area contributed by atoms with E-state index in [0.29, 0.717) is 109 Å². The van der Waals surface area contributed by atoms with Crippen LogP contribution in [0.15, 0.2) is 58.4 Å². The standard InChI is InChI=1S/C49H58Cl2N12O8S/c1-29-30(2)72-48-42(29)43(32-7-9-34(50)10-8-32)56-37(46-59-58-31(3)63(46)48)26-40(64)53-11-17-68-19-21-70-22-20-69-18-16-61-12-14-62(15-13-61)49-54-27-36(51)45(57-49)55-35-23-33-24-39(71-28-41(65)52-4)47(66)60(5)44(33)38(25-35)67-6/h7-10,23-25,27,37H,11-22,26,28H2,1-6H3,(H,52,65)(H,53,64)(H,54,55,57)/t37-/m0/s1. The Labute approximate surface area is 430 Å². The number of halogens is 2. The summed E-state index contributed by atoms with van der Waals surface area (Å²) in [5.74, 6) is 2.27. The number of rotatable bonds is 22. The van der Waals surface area contributed by atoms with Gasteiger partial charge in [0, 0.05) is 91.5 Å². The minimum atomic E-state index is -0.550. The molecule has 8 rings (SSSR count). The third-order valence-electron chi connectivity index (χ3n) is 12.3. The van der Waals surface area contributed by atoms with E-state index in [1.54, 1.807) is 36.7 Å². The predicted octanol–water partition coefficient (Wildman–Crippen LogP) is 5.35. The van der Waals surface area contributed by atoms with Gasteiger partial charge >= 0.3 is 0 Å². The van der Waals surface area contributed by atoms with Crippen LogP contribution in [0.25, 0.3) is 15.9 Å². The second-order valence-electron chi connectivity index (χ2n) is 17.1. The molecule has 2 amide bonds. The van der Waals surface area contributed by atoms with Crippen molar-refractivity contribution in [2.24, 2.45) is 12.0 Å². The van der Waals surface area contributed by atoms with E-state index >= 15 is 0 Å². The number of methoxy groups -OCH3 is 1. The average molecular weight is 1050 g/mol. The number of aryl methyl sites for hydroxylation is 3. The van der Waals surface area contributed by atoms with Crippen molar-refractivity contribution in [3.63, 3.8) is 0 Å². The molecule has 2 aliphatic rings. The van der Waals surface area contributed by atoms with Crippen molar-refractivity contribution in [2.45, 2.75) is 33.2 Å². The molecular weight excluding hydrogens is 988 g/mol. The molecule has 1 fully saturated rings. The molecule has 72 heavy (non-hydrogen) atoms. The Hall–Kier alpha value is -6.20. The Morgan fingerprint density at radius 3 is 2.33 bits per heavy atom. The maximum Gasteiger partial charge on any atom is 0.293 e. The van der Waals surface area contributed by atoms with Crippen LogP contribution >= 0.6 is 34.5 Å². The monoisotopic (exact) mass is 1040 g/mol. The molecule has 20 nitrogen and oxygen atoms in total. The van der Waals surface area contributed by atoms with Gasteiger partial charge in [0.05, 0.1) is 70.6 Å². The van der Waals surface area contributed by atoms with E-state index in [-0.39, 0.29) is 30.6 Å². The van der Waals surface area contributed by atoms with Gasteiger partial charge in [0.25, 0.3) is 11.5 Å². The number of aromatic nitrogens is 6. The van der Waals surface area contributed by atoms with Crippen LogP contribution in [0.1, 0.15) is 45.7 Å². The third-order valence-corrected chi connectivity index (χ3v) is 14.1. The van der Waals surface area contributed by atoms with Gasteiger partial charge in [-0.05, 0) is 50.6 Å². The van der Waals surface area contributed by atoms with Crippen LogP contribution in [0.2, 0.25) is 10.0 Å². The number of thiophene rings is 1. The summed E-state index contributed by atoms with van der Waals surface area (Å²) in [6, 6.07) is 12.2. The van der Waals surface area contributed by atoms with Crippen LogP contribution in [0.3, 0.4) is 0 Å². The van der Waals surface area contributed by atoms with Crippen LogP contribution in [-0.4, -0.2) is 151 Å². The normalized spacial score (nSPS) is 14.6. The van der Waals surface area contributed by atoms with Gasteiger partial charge < -0.3 is 49.1 Å². The number of carbonyl (C=O) groups is 2. The number of nitrogens with one attached hydrogen (secondary N) is 3. The lowest BCUT2D eigenvalue weighted by molar-refractivity contribution is -0.123. The first-order chi connectivity index (χ1) is 34.8. The number of anilines is 3. The fraction of sp³-hybridized carbons (Fsp3) is 0.429. The maximum atomic E-state index is 13.3. The van der Waals surface area contributed by atoms with Gasteiger partial charge in [-0.3, -0.25) is 28.8 Å². The summed E-state index contributed by atoms with van der Waals surface area (Å²) in [7, 11) is 4.63. The number of amides is 2. The van der Waals surface area contributed by atoms with Crippen LogP contribution < -0.4 is 35.9 Å². The Bertz CT molecular complexity index is 2990. The zero-order valence-corrected chi connectivity index (χ0v) is 43.4. The highest BCUT2D eigenvalue weighted by atomic mass is 35.5.